The normalized spacial score (nSPS) is 22.7. The number of aromatic nitrogens is 2. The number of nitrogens with zero attached hydrogens (tertiary/aromatic N) is 3. The monoisotopic (exact) mass is 390 g/mol. The van der Waals surface area contributed by atoms with E-state index in [1.54, 1.807) is 11.2 Å². The Balaban J connectivity index is 1.50. The number of anilines is 2. The number of H-pyrrole nitrogens is 1. The first-order valence-electron chi connectivity index (χ1n) is 9.86. The van der Waals surface area contributed by atoms with E-state index in [1.165, 1.54) is 0 Å². The lowest BCUT2D eigenvalue weighted by Crippen LogP contribution is -2.36. The van der Waals surface area contributed by atoms with Gasteiger partial charge in [0.15, 0.2) is 0 Å². The van der Waals surface area contributed by atoms with Gasteiger partial charge >= 0.3 is 0 Å². The second-order valence-corrected chi connectivity index (χ2v) is 7.57. The van der Waals surface area contributed by atoms with Crippen molar-refractivity contribution in [1.29, 1.82) is 0 Å². The molecule has 29 heavy (non-hydrogen) atoms. The van der Waals surface area contributed by atoms with Crippen LogP contribution in [0.2, 0.25) is 0 Å². The number of fused-ring (bicyclic) bond motifs is 1. The van der Waals surface area contributed by atoms with Crippen molar-refractivity contribution in [2.75, 3.05) is 36.1 Å². The second kappa shape index (κ2) is 7.00. The van der Waals surface area contributed by atoms with Gasteiger partial charge in [0.05, 0.1) is 36.6 Å². The molecule has 2 aromatic carbocycles. The van der Waals surface area contributed by atoms with E-state index in [2.05, 4.69) is 27.0 Å². The molecule has 2 atom stereocenters. The third-order valence-corrected chi connectivity index (χ3v) is 5.89. The van der Waals surface area contributed by atoms with Gasteiger partial charge in [0.25, 0.3) is 5.91 Å². The first-order chi connectivity index (χ1) is 14.1. The lowest BCUT2D eigenvalue weighted by Gasteiger charge is -2.30. The summed E-state index contributed by atoms with van der Waals surface area (Å²) in [7, 11) is 0. The van der Waals surface area contributed by atoms with E-state index in [1.807, 2.05) is 37.3 Å². The molecule has 0 bridgehead atoms. The number of aromatic amines is 1. The molecule has 0 saturated carbocycles. The summed E-state index contributed by atoms with van der Waals surface area (Å²) in [4.78, 5) is 36.6. The molecule has 1 amide bonds. The highest BCUT2D eigenvalue weighted by Gasteiger charge is 2.46. The molecule has 7 nitrogen and oxygen atoms in total. The van der Waals surface area contributed by atoms with Gasteiger partial charge in [-0.1, -0.05) is 19.1 Å². The Morgan fingerprint density at radius 2 is 1.76 bits per heavy atom. The highest BCUT2D eigenvalue weighted by Crippen LogP contribution is 2.40. The molecule has 2 unspecified atom stereocenters. The average Bonchev–Trinajstić information content (AvgIpc) is 3.32. The first kappa shape index (κ1) is 17.9. The molecular weight excluding hydrogens is 368 g/mol. The molecule has 0 spiro atoms. The largest absolute Gasteiger partial charge is 0.378 e. The Morgan fingerprint density at radius 3 is 2.52 bits per heavy atom. The van der Waals surface area contributed by atoms with Gasteiger partial charge in [-0.3, -0.25) is 14.5 Å². The number of nitrogens with one attached hydrogen (secondary N) is 1. The zero-order valence-corrected chi connectivity index (χ0v) is 16.2. The van der Waals surface area contributed by atoms with E-state index >= 15 is 0 Å². The number of carbonyl (C=O) groups is 2. The van der Waals surface area contributed by atoms with Crippen LogP contribution in [0.5, 0.6) is 0 Å². The SMILES string of the molecule is CC1C(=O)C(=O)N(c2ccc3nc[nH]c3c2)C1c1ccc(N2CCOCC2)cc1. The highest BCUT2D eigenvalue weighted by atomic mass is 16.5. The predicted molar refractivity (Wildman–Crippen MR) is 110 cm³/mol. The summed E-state index contributed by atoms with van der Waals surface area (Å²) < 4.78 is 5.42. The van der Waals surface area contributed by atoms with Gasteiger partial charge in [-0.2, -0.15) is 0 Å². The number of imidazole rings is 1. The number of morpholine rings is 1. The lowest BCUT2D eigenvalue weighted by molar-refractivity contribution is -0.135. The molecule has 1 aromatic heterocycles. The number of benzene rings is 2. The van der Waals surface area contributed by atoms with Crippen LogP contribution in [0.4, 0.5) is 11.4 Å². The van der Waals surface area contributed by atoms with Crippen molar-refractivity contribution in [3.8, 4) is 0 Å². The van der Waals surface area contributed by atoms with Crippen LogP contribution in [0.3, 0.4) is 0 Å². The minimum absolute atomic E-state index is 0.325. The Kier molecular flexibility index (Phi) is 4.32. The maximum atomic E-state index is 12.8. The molecule has 3 aromatic rings. The van der Waals surface area contributed by atoms with E-state index in [4.69, 9.17) is 4.74 Å². The molecule has 0 aliphatic carbocycles. The Hall–Kier alpha value is -3.19. The number of ether oxygens (including phenoxy) is 1. The van der Waals surface area contributed by atoms with Crippen molar-refractivity contribution in [2.45, 2.75) is 13.0 Å². The van der Waals surface area contributed by atoms with Crippen molar-refractivity contribution in [2.24, 2.45) is 5.92 Å². The molecule has 3 heterocycles. The molecule has 7 heteroatoms. The standard InChI is InChI=1S/C22H22N4O3/c1-14-20(15-2-4-16(5-3-15)25-8-10-29-11-9-25)26(22(28)21(14)27)17-6-7-18-19(12-17)24-13-23-18/h2-7,12-14,20H,8-11H2,1H3,(H,23,24). The van der Waals surface area contributed by atoms with Gasteiger partial charge in [-0.05, 0) is 35.9 Å². The van der Waals surface area contributed by atoms with Crippen LogP contribution in [-0.2, 0) is 14.3 Å². The third-order valence-electron chi connectivity index (χ3n) is 5.89. The van der Waals surface area contributed by atoms with Crippen LogP contribution in [0.1, 0.15) is 18.5 Å². The van der Waals surface area contributed by atoms with Gasteiger partial charge in [0, 0.05) is 30.4 Å². The van der Waals surface area contributed by atoms with Gasteiger partial charge in [0.2, 0.25) is 5.78 Å². The molecule has 1 N–H and O–H groups in total. The van der Waals surface area contributed by atoms with Crippen molar-refractivity contribution in [3.63, 3.8) is 0 Å². The van der Waals surface area contributed by atoms with E-state index in [0.29, 0.717) is 5.69 Å². The Labute approximate surface area is 168 Å². The quantitative estimate of drug-likeness (QED) is 0.696. The average molecular weight is 390 g/mol. The minimum Gasteiger partial charge on any atom is -0.378 e. The minimum atomic E-state index is -0.460. The summed E-state index contributed by atoms with van der Waals surface area (Å²) in [6.45, 7) is 5.02. The van der Waals surface area contributed by atoms with Crippen molar-refractivity contribution in [3.05, 3.63) is 54.4 Å². The number of amides is 1. The van der Waals surface area contributed by atoms with E-state index < -0.39 is 11.8 Å². The summed E-state index contributed by atoms with van der Waals surface area (Å²) >= 11 is 0. The van der Waals surface area contributed by atoms with Crippen LogP contribution in [0, 0.1) is 5.92 Å². The summed E-state index contributed by atoms with van der Waals surface area (Å²) in [6, 6.07) is 13.4. The van der Waals surface area contributed by atoms with Crippen LogP contribution >= 0.6 is 0 Å². The summed E-state index contributed by atoms with van der Waals surface area (Å²) in [5.41, 5.74) is 4.45. The maximum absolute atomic E-state index is 12.8. The zero-order chi connectivity index (χ0) is 20.0. The van der Waals surface area contributed by atoms with E-state index in [9.17, 15) is 9.59 Å². The fraction of sp³-hybridized carbons (Fsp3) is 0.318. The second-order valence-electron chi connectivity index (χ2n) is 7.57. The predicted octanol–water partition coefficient (Wildman–Crippen LogP) is 2.69. The first-order valence-corrected chi connectivity index (χ1v) is 9.86. The maximum Gasteiger partial charge on any atom is 0.295 e. The van der Waals surface area contributed by atoms with E-state index in [0.717, 1.165) is 48.6 Å². The van der Waals surface area contributed by atoms with Gasteiger partial charge in [0.1, 0.15) is 0 Å². The fourth-order valence-corrected chi connectivity index (χ4v) is 4.30. The molecule has 2 aliphatic heterocycles. The molecule has 5 rings (SSSR count). The Bertz CT molecular complexity index is 1070. The van der Waals surface area contributed by atoms with Crippen molar-refractivity contribution in [1.82, 2.24) is 9.97 Å². The van der Waals surface area contributed by atoms with Gasteiger partial charge in [-0.15, -0.1) is 0 Å². The molecule has 2 aliphatic rings. The summed E-state index contributed by atoms with van der Waals surface area (Å²) in [5, 5.41) is 0. The van der Waals surface area contributed by atoms with Gasteiger partial charge < -0.3 is 14.6 Å². The molecular formula is C22H22N4O3. The van der Waals surface area contributed by atoms with Crippen LogP contribution < -0.4 is 9.80 Å². The lowest BCUT2D eigenvalue weighted by atomic mass is 9.94. The van der Waals surface area contributed by atoms with Crippen LogP contribution in [0.15, 0.2) is 48.8 Å². The number of Topliss-reactive ketones (excluding diaryl/α,β-unsaturated/α-hetero) is 1. The topological polar surface area (TPSA) is 78.5 Å². The van der Waals surface area contributed by atoms with Crippen LogP contribution in [-0.4, -0.2) is 48.0 Å². The molecule has 148 valence electrons. The van der Waals surface area contributed by atoms with Crippen LogP contribution in [0.25, 0.3) is 11.0 Å². The fourth-order valence-electron chi connectivity index (χ4n) is 4.30. The summed E-state index contributed by atoms with van der Waals surface area (Å²) in [6.07, 6.45) is 1.62. The number of hydrogen-bond acceptors (Lipinski definition) is 5. The van der Waals surface area contributed by atoms with Crippen molar-refractivity contribution < 1.29 is 14.3 Å². The molecule has 0 radical (unpaired) electrons. The number of ketones is 1. The van der Waals surface area contributed by atoms with Crippen molar-refractivity contribution >= 4 is 34.1 Å². The van der Waals surface area contributed by atoms with E-state index in [-0.39, 0.29) is 11.8 Å². The number of rotatable bonds is 3. The molecule has 2 fully saturated rings. The number of hydrogen-bond donors (Lipinski definition) is 1. The molecule has 2 saturated heterocycles. The number of carbonyl (C=O) groups excluding carboxylic acids is 2. The highest BCUT2D eigenvalue weighted by molar-refractivity contribution is 6.44. The third kappa shape index (κ3) is 2.98. The van der Waals surface area contributed by atoms with Gasteiger partial charge in [-0.25, -0.2) is 4.98 Å². The Morgan fingerprint density at radius 1 is 1.03 bits per heavy atom. The summed E-state index contributed by atoms with van der Waals surface area (Å²) in [5.74, 6) is -1.22. The zero-order valence-electron chi connectivity index (χ0n) is 16.2. The smallest absolute Gasteiger partial charge is 0.295 e.